The maximum atomic E-state index is 13.1. The van der Waals surface area contributed by atoms with Gasteiger partial charge < -0.3 is 9.64 Å². The summed E-state index contributed by atoms with van der Waals surface area (Å²) in [6.07, 6.45) is 9.41. The van der Waals surface area contributed by atoms with Crippen molar-refractivity contribution in [3.05, 3.63) is 59.7 Å². The fourth-order valence-electron chi connectivity index (χ4n) is 5.81. The van der Waals surface area contributed by atoms with Crippen molar-refractivity contribution in [2.24, 2.45) is 5.92 Å². The molecule has 1 amide bonds. The minimum Gasteiger partial charge on any atom is -0.448 e. The minimum atomic E-state index is -0.233. The van der Waals surface area contributed by atoms with Crippen molar-refractivity contribution in [2.75, 3.05) is 6.61 Å². The van der Waals surface area contributed by atoms with Gasteiger partial charge in [-0.2, -0.15) is 0 Å². The van der Waals surface area contributed by atoms with Gasteiger partial charge in [0.25, 0.3) is 0 Å². The molecule has 2 aliphatic heterocycles. The number of amides is 1. The first kappa shape index (κ1) is 19.9. The highest BCUT2D eigenvalue weighted by Gasteiger charge is 2.45. The zero-order valence-electron chi connectivity index (χ0n) is 17.6. The first-order chi connectivity index (χ1) is 15.2. The molecule has 2 heterocycles. The Hall–Kier alpha value is -3.06. The Morgan fingerprint density at radius 2 is 1.55 bits per heavy atom. The van der Waals surface area contributed by atoms with Crippen molar-refractivity contribution in [1.29, 1.82) is 0 Å². The molecule has 2 bridgehead atoms. The van der Waals surface area contributed by atoms with Crippen LogP contribution < -0.4 is 0 Å². The Kier molecular flexibility index (Phi) is 5.28. The molecule has 4 nitrogen and oxygen atoms in total. The van der Waals surface area contributed by atoms with Crippen molar-refractivity contribution in [2.45, 2.75) is 56.5 Å². The van der Waals surface area contributed by atoms with Gasteiger partial charge in [-0.05, 0) is 47.9 Å². The molecule has 2 aromatic carbocycles. The Labute approximate surface area is 183 Å². The van der Waals surface area contributed by atoms with E-state index in [0.717, 1.165) is 25.7 Å². The molecule has 31 heavy (non-hydrogen) atoms. The SMILES string of the molecule is C#CCCC(=O)C1CC2CCC(C1)N2C(=O)OCC1c2ccccc2-c2ccccc21. The number of carbonyl (C=O) groups excluding carboxylic acids is 2. The number of ether oxygens (including phenoxy) is 1. The van der Waals surface area contributed by atoms with E-state index in [1.165, 1.54) is 22.3 Å². The van der Waals surface area contributed by atoms with Gasteiger partial charge in [-0.1, -0.05) is 48.5 Å². The predicted molar refractivity (Wildman–Crippen MR) is 120 cm³/mol. The van der Waals surface area contributed by atoms with Gasteiger partial charge in [0.15, 0.2) is 0 Å². The van der Waals surface area contributed by atoms with Crippen LogP contribution in [0.4, 0.5) is 4.79 Å². The molecule has 3 aliphatic rings. The Bertz CT molecular complexity index is 993. The van der Waals surface area contributed by atoms with E-state index in [-0.39, 0.29) is 35.8 Å². The number of terminal acetylenes is 1. The van der Waals surface area contributed by atoms with E-state index < -0.39 is 0 Å². The third-order valence-corrected chi connectivity index (χ3v) is 7.25. The van der Waals surface area contributed by atoms with E-state index in [0.29, 0.717) is 19.4 Å². The first-order valence-electron chi connectivity index (χ1n) is 11.3. The van der Waals surface area contributed by atoms with Crippen molar-refractivity contribution in [3.63, 3.8) is 0 Å². The summed E-state index contributed by atoms with van der Waals surface area (Å²) in [7, 11) is 0. The third kappa shape index (κ3) is 3.53. The molecule has 2 unspecified atom stereocenters. The standard InChI is InChI=1S/C27H27NO3/c1-2-3-12-26(29)18-15-19-13-14-20(16-18)28(19)27(30)31-17-25-23-10-6-4-8-21(23)22-9-5-7-11-24(22)25/h1,4-11,18-20,25H,3,12-17H2. The molecule has 0 N–H and O–H groups in total. The number of benzene rings is 2. The highest BCUT2D eigenvalue weighted by Crippen LogP contribution is 2.45. The molecule has 2 aromatic rings. The van der Waals surface area contributed by atoms with Gasteiger partial charge in [0, 0.05) is 36.8 Å². The molecule has 0 aromatic heterocycles. The lowest BCUT2D eigenvalue weighted by atomic mass is 9.86. The molecular formula is C27H27NO3. The maximum Gasteiger partial charge on any atom is 0.410 e. The van der Waals surface area contributed by atoms with Gasteiger partial charge in [-0.15, -0.1) is 12.3 Å². The third-order valence-electron chi connectivity index (χ3n) is 7.25. The summed E-state index contributed by atoms with van der Waals surface area (Å²) >= 11 is 0. The van der Waals surface area contributed by atoms with Crippen LogP contribution in [-0.4, -0.2) is 35.5 Å². The molecule has 5 rings (SSSR count). The van der Waals surface area contributed by atoms with Crippen molar-refractivity contribution < 1.29 is 14.3 Å². The Balaban J connectivity index is 1.26. The van der Waals surface area contributed by atoms with Crippen LogP contribution in [0.2, 0.25) is 0 Å². The first-order valence-corrected chi connectivity index (χ1v) is 11.3. The number of hydrogen-bond donors (Lipinski definition) is 0. The number of ketones is 1. The van der Waals surface area contributed by atoms with Crippen LogP contribution >= 0.6 is 0 Å². The zero-order chi connectivity index (χ0) is 21.4. The number of rotatable bonds is 5. The van der Waals surface area contributed by atoms with Gasteiger partial charge in [-0.25, -0.2) is 4.79 Å². The van der Waals surface area contributed by atoms with Crippen LogP contribution in [0, 0.1) is 18.3 Å². The molecule has 2 saturated heterocycles. The van der Waals surface area contributed by atoms with E-state index >= 15 is 0 Å². The Morgan fingerprint density at radius 1 is 0.968 bits per heavy atom. The summed E-state index contributed by atoms with van der Waals surface area (Å²) in [6, 6.07) is 16.9. The van der Waals surface area contributed by atoms with Crippen LogP contribution in [0.25, 0.3) is 11.1 Å². The molecule has 0 spiro atoms. The molecule has 2 atom stereocenters. The fourth-order valence-corrected chi connectivity index (χ4v) is 5.81. The molecule has 158 valence electrons. The molecule has 0 saturated carbocycles. The fraction of sp³-hybridized carbons (Fsp3) is 0.407. The highest BCUT2D eigenvalue weighted by molar-refractivity contribution is 5.82. The second-order valence-corrected chi connectivity index (χ2v) is 8.94. The van der Waals surface area contributed by atoms with Crippen LogP contribution in [-0.2, 0) is 9.53 Å². The van der Waals surface area contributed by atoms with Crippen LogP contribution in [0.5, 0.6) is 0 Å². The Morgan fingerprint density at radius 3 is 2.13 bits per heavy atom. The zero-order valence-corrected chi connectivity index (χ0v) is 17.6. The second-order valence-electron chi connectivity index (χ2n) is 8.94. The molecular weight excluding hydrogens is 386 g/mol. The molecule has 2 fully saturated rings. The lowest BCUT2D eigenvalue weighted by Crippen LogP contribution is -2.48. The van der Waals surface area contributed by atoms with Crippen molar-refractivity contribution in [3.8, 4) is 23.5 Å². The number of carbonyl (C=O) groups is 2. The summed E-state index contributed by atoms with van der Waals surface area (Å²) < 4.78 is 5.90. The average Bonchev–Trinajstić information content (AvgIpc) is 3.26. The van der Waals surface area contributed by atoms with Gasteiger partial charge in [0.2, 0.25) is 0 Å². The van der Waals surface area contributed by atoms with Crippen LogP contribution in [0.1, 0.15) is 55.6 Å². The number of piperidine rings is 1. The number of hydrogen-bond acceptors (Lipinski definition) is 3. The quantitative estimate of drug-likeness (QED) is 0.636. The maximum absolute atomic E-state index is 13.1. The average molecular weight is 414 g/mol. The summed E-state index contributed by atoms with van der Waals surface area (Å²) in [5.74, 6) is 2.90. The van der Waals surface area contributed by atoms with E-state index in [2.05, 4.69) is 42.3 Å². The van der Waals surface area contributed by atoms with E-state index in [1.54, 1.807) is 0 Å². The minimum absolute atomic E-state index is 0.0310. The molecule has 0 radical (unpaired) electrons. The monoisotopic (exact) mass is 413 g/mol. The van der Waals surface area contributed by atoms with Crippen molar-refractivity contribution in [1.82, 2.24) is 4.90 Å². The summed E-state index contributed by atoms with van der Waals surface area (Å²) in [5.41, 5.74) is 4.89. The highest BCUT2D eigenvalue weighted by atomic mass is 16.6. The van der Waals surface area contributed by atoms with Gasteiger partial charge in [-0.3, -0.25) is 4.79 Å². The smallest absolute Gasteiger partial charge is 0.410 e. The van der Waals surface area contributed by atoms with E-state index in [1.807, 2.05) is 17.0 Å². The van der Waals surface area contributed by atoms with E-state index in [4.69, 9.17) is 11.2 Å². The predicted octanol–water partition coefficient (Wildman–Crippen LogP) is 5.16. The molecule has 4 heteroatoms. The van der Waals surface area contributed by atoms with Crippen LogP contribution in [0.3, 0.4) is 0 Å². The summed E-state index contributed by atoms with van der Waals surface area (Å²) in [5, 5.41) is 0. The number of Topliss-reactive ketones (excluding diaryl/α,β-unsaturated/α-hetero) is 1. The lowest BCUT2D eigenvalue weighted by molar-refractivity contribution is -0.125. The van der Waals surface area contributed by atoms with E-state index in [9.17, 15) is 9.59 Å². The number of fused-ring (bicyclic) bond motifs is 5. The largest absolute Gasteiger partial charge is 0.448 e. The number of nitrogens with zero attached hydrogens (tertiary/aromatic N) is 1. The second kappa shape index (κ2) is 8.23. The molecule has 1 aliphatic carbocycles. The van der Waals surface area contributed by atoms with Crippen molar-refractivity contribution >= 4 is 11.9 Å². The normalized spacial score (nSPS) is 23.7. The van der Waals surface area contributed by atoms with Gasteiger partial charge in [0.05, 0.1) is 0 Å². The van der Waals surface area contributed by atoms with Gasteiger partial charge in [0.1, 0.15) is 12.4 Å². The van der Waals surface area contributed by atoms with Gasteiger partial charge >= 0.3 is 6.09 Å². The summed E-state index contributed by atoms with van der Waals surface area (Å²) in [4.78, 5) is 27.5. The lowest BCUT2D eigenvalue weighted by Gasteiger charge is -2.37. The van der Waals surface area contributed by atoms with Crippen LogP contribution in [0.15, 0.2) is 48.5 Å². The summed E-state index contributed by atoms with van der Waals surface area (Å²) in [6.45, 7) is 0.341. The topological polar surface area (TPSA) is 46.6 Å².